The lowest BCUT2D eigenvalue weighted by Crippen LogP contribution is -2.30. The summed E-state index contributed by atoms with van der Waals surface area (Å²) in [6, 6.07) is 17.4. The van der Waals surface area contributed by atoms with Crippen molar-refractivity contribution in [3.63, 3.8) is 0 Å². The molecule has 0 bridgehead atoms. The number of imide groups is 1. The van der Waals surface area contributed by atoms with E-state index in [2.05, 4.69) is 19.1 Å². The molecule has 1 heterocycles. The summed E-state index contributed by atoms with van der Waals surface area (Å²) in [5.41, 5.74) is 2.36. The van der Waals surface area contributed by atoms with E-state index in [4.69, 9.17) is 0 Å². The van der Waals surface area contributed by atoms with Gasteiger partial charge in [0.2, 0.25) is 0 Å². The minimum atomic E-state index is -0.159. The lowest BCUT2D eigenvalue weighted by Gasteiger charge is -2.16. The van der Waals surface area contributed by atoms with Crippen molar-refractivity contribution in [2.75, 3.05) is 6.54 Å². The maximum absolute atomic E-state index is 12.3. The first kappa shape index (κ1) is 14.5. The zero-order chi connectivity index (χ0) is 15.5. The topological polar surface area (TPSA) is 37.4 Å². The molecular formula is C19H19NO2. The summed E-state index contributed by atoms with van der Waals surface area (Å²) in [7, 11) is 0. The van der Waals surface area contributed by atoms with Gasteiger partial charge in [-0.25, -0.2) is 0 Å². The molecule has 0 aliphatic carbocycles. The summed E-state index contributed by atoms with van der Waals surface area (Å²) in [6.07, 6.45) is 1.78. The zero-order valence-corrected chi connectivity index (χ0v) is 12.7. The molecule has 0 radical (unpaired) electrons. The van der Waals surface area contributed by atoms with Gasteiger partial charge in [0, 0.05) is 6.54 Å². The normalized spacial score (nSPS) is 15.0. The Balaban J connectivity index is 1.59. The monoisotopic (exact) mass is 293 g/mol. The molecule has 0 saturated heterocycles. The maximum Gasteiger partial charge on any atom is 0.261 e. The van der Waals surface area contributed by atoms with Crippen molar-refractivity contribution in [1.82, 2.24) is 4.90 Å². The molecule has 0 aromatic heterocycles. The molecule has 3 heteroatoms. The third-order valence-corrected chi connectivity index (χ3v) is 4.27. The van der Waals surface area contributed by atoms with Crippen LogP contribution in [0, 0.1) is 0 Å². The van der Waals surface area contributed by atoms with Gasteiger partial charge in [0.1, 0.15) is 0 Å². The van der Waals surface area contributed by atoms with Crippen molar-refractivity contribution in [2.24, 2.45) is 0 Å². The number of hydrogen-bond donors (Lipinski definition) is 0. The average molecular weight is 293 g/mol. The molecule has 1 aliphatic rings. The Morgan fingerprint density at radius 2 is 1.41 bits per heavy atom. The standard InChI is InChI=1S/C19H19NO2/c1-14(15-9-3-2-4-10-15)8-7-13-20-18(21)16-11-5-6-12-17(16)19(20)22/h2-6,9-12,14H,7-8,13H2,1H3. The lowest BCUT2D eigenvalue weighted by molar-refractivity contribution is 0.0651. The number of benzene rings is 2. The molecular weight excluding hydrogens is 274 g/mol. The molecule has 3 rings (SSSR count). The van der Waals surface area contributed by atoms with Gasteiger partial charge in [-0.05, 0) is 36.5 Å². The number of fused-ring (bicyclic) bond motifs is 1. The SMILES string of the molecule is CC(CCCN1C(=O)c2ccccc2C1=O)c1ccccc1. The highest BCUT2D eigenvalue weighted by Crippen LogP contribution is 2.24. The van der Waals surface area contributed by atoms with E-state index in [1.54, 1.807) is 24.3 Å². The molecule has 1 atom stereocenters. The Hall–Kier alpha value is -2.42. The fourth-order valence-corrected chi connectivity index (χ4v) is 2.95. The first-order chi connectivity index (χ1) is 10.7. The highest BCUT2D eigenvalue weighted by Gasteiger charge is 2.34. The second-order valence-electron chi connectivity index (χ2n) is 5.76. The summed E-state index contributed by atoms with van der Waals surface area (Å²) in [6.45, 7) is 2.67. The summed E-state index contributed by atoms with van der Waals surface area (Å²) < 4.78 is 0. The van der Waals surface area contributed by atoms with Crippen molar-refractivity contribution < 1.29 is 9.59 Å². The molecule has 2 aromatic carbocycles. The van der Waals surface area contributed by atoms with Gasteiger partial charge in [0.15, 0.2) is 0 Å². The van der Waals surface area contributed by atoms with Gasteiger partial charge >= 0.3 is 0 Å². The summed E-state index contributed by atoms with van der Waals surface area (Å²) in [5.74, 6) is 0.109. The molecule has 1 aliphatic heterocycles. The molecule has 0 fully saturated rings. The van der Waals surface area contributed by atoms with E-state index in [0.29, 0.717) is 23.6 Å². The van der Waals surface area contributed by atoms with Crippen LogP contribution in [0.2, 0.25) is 0 Å². The molecule has 112 valence electrons. The van der Waals surface area contributed by atoms with Crippen molar-refractivity contribution in [3.05, 3.63) is 71.3 Å². The van der Waals surface area contributed by atoms with Gasteiger partial charge in [0.05, 0.1) is 11.1 Å². The highest BCUT2D eigenvalue weighted by atomic mass is 16.2. The van der Waals surface area contributed by atoms with Crippen LogP contribution in [-0.4, -0.2) is 23.3 Å². The largest absolute Gasteiger partial charge is 0.274 e. The van der Waals surface area contributed by atoms with Crippen molar-refractivity contribution in [1.29, 1.82) is 0 Å². The Kier molecular flexibility index (Phi) is 4.05. The predicted molar refractivity (Wildman–Crippen MR) is 85.9 cm³/mol. The van der Waals surface area contributed by atoms with Crippen LogP contribution in [0.3, 0.4) is 0 Å². The molecule has 22 heavy (non-hydrogen) atoms. The van der Waals surface area contributed by atoms with E-state index in [-0.39, 0.29) is 11.8 Å². The average Bonchev–Trinajstić information content (AvgIpc) is 2.81. The molecule has 2 amide bonds. The molecule has 0 N–H and O–H groups in total. The van der Waals surface area contributed by atoms with Crippen molar-refractivity contribution >= 4 is 11.8 Å². The zero-order valence-electron chi connectivity index (χ0n) is 12.7. The Bertz CT molecular complexity index is 659. The first-order valence-electron chi connectivity index (χ1n) is 7.68. The number of nitrogens with zero attached hydrogens (tertiary/aromatic N) is 1. The van der Waals surface area contributed by atoms with Crippen molar-refractivity contribution in [3.8, 4) is 0 Å². The number of amides is 2. The summed E-state index contributed by atoms with van der Waals surface area (Å²) in [4.78, 5) is 25.9. The van der Waals surface area contributed by atoms with Crippen LogP contribution in [0.4, 0.5) is 0 Å². The van der Waals surface area contributed by atoms with E-state index in [0.717, 1.165) is 12.8 Å². The fourth-order valence-electron chi connectivity index (χ4n) is 2.95. The van der Waals surface area contributed by atoms with E-state index in [1.807, 2.05) is 18.2 Å². The van der Waals surface area contributed by atoms with Crippen LogP contribution in [-0.2, 0) is 0 Å². The van der Waals surface area contributed by atoms with Crippen LogP contribution in [0.15, 0.2) is 54.6 Å². The van der Waals surface area contributed by atoms with Crippen LogP contribution >= 0.6 is 0 Å². The Morgan fingerprint density at radius 3 is 2.00 bits per heavy atom. The second-order valence-corrected chi connectivity index (χ2v) is 5.76. The summed E-state index contributed by atoms with van der Waals surface area (Å²) in [5, 5.41) is 0. The third-order valence-electron chi connectivity index (χ3n) is 4.27. The second kappa shape index (κ2) is 6.14. The molecule has 3 nitrogen and oxygen atoms in total. The Morgan fingerprint density at radius 1 is 0.864 bits per heavy atom. The van der Waals surface area contributed by atoms with E-state index >= 15 is 0 Å². The minimum absolute atomic E-state index is 0.159. The van der Waals surface area contributed by atoms with Crippen molar-refractivity contribution in [2.45, 2.75) is 25.7 Å². The van der Waals surface area contributed by atoms with Gasteiger partial charge in [-0.3, -0.25) is 14.5 Å². The number of hydrogen-bond acceptors (Lipinski definition) is 2. The van der Waals surface area contributed by atoms with Gasteiger partial charge in [0.25, 0.3) is 11.8 Å². The quantitative estimate of drug-likeness (QED) is 0.785. The third kappa shape index (κ3) is 2.67. The minimum Gasteiger partial charge on any atom is -0.274 e. The molecule has 0 spiro atoms. The van der Waals surface area contributed by atoms with E-state index < -0.39 is 0 Å². The predicted octanol–water partition coefficient (Wildman–Crippen LogP) is 3.87. The van der Waals surface area contributed by atoms with Crippen LogP contribution < -0.4 is 0 Å². The molecule has 1 unspecified atom stereocenters. The van der Waals surface area contributed by atoms with Crippen LogP contribution in [0.25, 0.3) is 0 Å². The number of carbonyl (C=O) groups excluding carboxylic acids is 2. The van der Waals surface area contributed by atoms with Gasteiger partial charge in [-0.15, -0.1) is 0 Å². The fraction of sp³-hybridized carbons (Fsp3) is 0.263. The number of rotatable bonds is 5. The Labute approximate surface area is 130 Å². The maximum atomic E-state index is 12.3. The van der Waals surface area contributed by atoms with Crippen LogP contribution in [0.5, 0.6) is 0 Å². The van der Waals surface area contributed by atoms with Gasteiger partial charge < -0.3 is 0 Å². The number of carbonyl (C=O) groups is 2. The molecule has 2 aromatic rings. The van der Waals surface area contributed by atoms with E-state index in [9.17, 15) is 9.59 Å². The first-order valence-corrected chi connectivity index (χ1v) is 7.68. The lowest BCUT2D eigenvalue weighted by atomic mass is 9.96. The molecule has 0 saturated carbocycles. The summed E-state index contributed by atoms with van der Waals surface area (Å²) >= 11 is 0. The van der Waals surface area contributed by atoms with Gasteiger partial charge in [-0.1, -0.05) is 49.4 Å². The van der Waals surface area contributed by atoms with Crippen LogP contribution in [0.1, 0.15) is 52.0 Å². The highest BCUT2D eigenvalue weighted by molar-refractivity contribution is 6.21. The smallest absolute Gasteiger partial charge is 0.261 e. The van der Waals surface area contributed by atoms with Gasteiger partial charge in [-0.2, -0.15) is 0 Å². The van der Waals surface area contributed by atoms with E-state index in [1.165, 1.54) is 10.5 Å².